The molecule has 1 aromatic rings. The van der Waals surface area contributed by atoms with Crippen LogP contribution in [0, 0.1) is 12.8 Å². The maximum atomic E-state index is 5.99. The first kappa shape index (κ1) is 12.0. The predicted molar refractivity (Wildman–Crippen MR) is 72.2 cm³/mol. The highest BCUT2D eigenvalue weighted by molar-refractivity contribution is 5.37. The second kappa shape index (κ2) is 5.31. The first-order valence-electron chi connectivity index (χ1n) is 7.13. The molecule has 2 heteroatoms. The minimum absolute atomic E-state index is 0.670. The fourth-order valence-corrected chi connectivity index (χ4v) is 2.64. The second-order valence-corrected chi connectivity index (χ2v) is 5.72. The van der Waals surface area contributed by atoms with Gasteiger partial charge in [0.2, 0.25) is 0 Å². The standard InChI is InChI=1S/C16H22O2/c1-12-8-15(14-2-3-14)10-16(9-12)18-11-13-4-6-17-7-5-13/h8-10,13-14H,2-7,11H2,1H3. The molecule has 98 valence electrons. The fourth-order valence-electron chi connectivity index (χ4n) is 2.64. The van der Waals surface area contributed by atoms with Crippen LogP contribution >= 0.6 is 0 Å². The van der Waals surface area contributed by atoms with E-state index in [9.17, 15) is 0 Å². The highest BCUT2D eigenvalue weighted by Crippen LogP contribution is 2.41. The third kappa shape index (κ3) is 3.05. The lowest BCUT2D eigenvalue weighted by Gasteiger charge is -2.22. The molecule has 0 aromatic heterocycles. The van der Waals surface area contributed by atoms with Crippen LogP contribution in [0.15, 0.2) is 18.2 Å². The minimum Gasteiger partial charge on any atom is -0.493 e. The SMILES string of the molecule is Cc1cc(OCC2CCOCC2)cc(C2CC2)c1. The van der Waals surface area contributed by atoms with Crippen LogP contribution in [0.1, 0.15) is 42.7 Å². The van der Waals surface area contributed by atoms with Gasteiger partial charge in [0.15, 0.2) is 0 Å². The summed E-state index contributed by atoms with van der Waals surface area (Å²) in [6.07, 6.45) is 4.98. The summed E-state index contributed by atoms with van der Waals surface area (Å²) in [5.74, 6) is 2.53. The molecular formula is C16H22O2. The van der Waals surface area contributed by atoms with Gasteiger partial charge in [0, 0.05) is 13.2 Å². The maximum Gasteiger partial charge on any atom is 0.119 e. The van der Waals surface area contributed by atoms with Gasteiger partial charge >= 0.3 is 0 Å². The molecule has 0 atom stereocenters. The Kier molecular flexibility index (Phi) is 3.55. The molecule has 1 saturated heterocycles. The van der Waals surface area contributed by atoms with E-state index in [0.717, 1.165) is 44.3 Å². The van der Waals surface area contributed by atoms with Crippen molar-refractivity contribution in [2.75, 3.05) is 19.8 Å². The number of hydrogen-bond donors (Lipinski definition) is 0. The molecule has 0 amide bonds. The quantitative estimate of drug-likeness (QED) is 0.807. The monoisotopic (exact) mass is 246 g/mol. The molecule has 2 aliphatic rings. The Bertz CT molecular complexity index is 404. The summed E-state index contributed by atoms with van der Waals surface area (Å²) < 4.78 is 11.4. The fraction of sp³-hybridized carbons (Fsp3) is 0.625. The van der Waals surface area contributed by atoms with Gasteiger partial charge in [0.05, 0.1) is 6.61 Å². The van der Waals surface area contributed by atoms with E-state index in [2.05, 4.69) is 25.1 Å². The minimum atomic E-state index is 0.670. The number of benzene rings is 1. The van der Waals surface area contributed by atoms with Gasteiger partial charge in [-0.2, -0.15) is 0 Å². The molecule has 0 N–H and O–H groups in total. The second-order valence-electron chi connectivity index (χ2n) is 5.72. The molecule has 1 heterocycles. The van der Waals surface area contributed by atoms with Crippen LogP contribution in [0.25, 0.3) is 0 Å². The molecule has 18 heavy (non-hydrogen) atoms. The normalized spacial score (nSPS) is 20.9. The Morgan fingerprint density at radius 1 is 1.11 bits per heavy atom. The van der Waals surface area contributed by atoms with E-state index < -0.39 is 0 Å². The third-order valence-corrected chi connectivity index (χ3v) is 3.95. The van der Waals surface area contributed by atoms with E-state index in [1.54, 1.807) is 0 Å². The topological polar surface area (TPSA) is 18.5 Å². The Labute approximate surface area is 109 Å². The van der Waals surface area contributed by atoms with E-state index in [1.165, 1.54) is 24.0 Å². The molecule has 1 saturated carbocycles. The van der Waals surface area contributed by atoms with Crippen molar-refractivity contribution in [3.63, 3.8) is 0 Å². The molecular weight excluding hydrogens is 224 g/mol. The zero-order valence-electron chi connectivity index (χ0n) is 11.2. The van der Waals surface area contributed by atoms with Gasteiger partial charge in [-0.3, -0.25) is 0 Å². The Morgan fingerprint density at radius 2 is 1.89 bits per heavy atom. The summed E-state index contributed by atoms with van der Waals surface area (Å²) in [5.41, 5.74) is 2.79. The van der Waals surface area contributed by atoms with Crippen LogP contribution in [0.2, 0.25) is 0 Å². The predicted octanol–water partition coefficient (Wildman–Crippen LogP) is 3.68. The van der Waals surface area contributed by atoms with Gasteiger partial charge in [0.1, 0.15) is 5.75 Å². The number of aryl methyl sites for hydroxylation is 1. The van der Waals surface area contributed by atoms with Gasteiger partial charge in [-0.1, -0.05) is 6.07 Å². The summed E-state index contributed by atoms with van der Waals surface area (Å²) in [5, 5.41) is 0. The third-order valence-electron chi connectivity index (χ3n) is 3.95. The van der Waals surface area contributed by atoms with Crippen molar-refractivity contribution in [1.82, 2.24) is 0 Å². The molecule has 0 unspecified atom stereocenters. The summed E-state index contributed by atoms with van der Waals surface area (Å²) in [6, 6.07) is 6.70. The maximum absolute atomic E-state index is 5.99. The number of ether oxygens (including phenoxy) is 2. The van der Waals surface area contributed by atoms with Gasteiger partial charge in [0.25, 0.3) is 0 Å². The highest BCUT2D eigenvalue weighted by atomic mass is 16.5. The van der Waals surface area contributed by atoms with Crippen molar-refractivity contribution >= 4 is 0 Å². The van der Waals surface area contributed by atoms with Crippen LogP contribution in [-0.4, -0.2) is 19.8 Å². The van der Waals surface area contributed by atoms with Crippen molar-refractivity contribution in [2.45, 2.75) is 38.5 Å². The summed E-state index contributed by atoms with van der Waals surface area (Å²) in [7, 11) is 0. The van der Waals surface area contributed by atoms with Crippen molar-refractivity contribution in [1.29, 1.82) is 0 Å². The average molecular weight is 246 g/mol. The van der Waals surface area contributed by atoms with Crippen LogP contribution < -0.4 is 4.74 Å². The molecule has 0 bridgehead atoms. The van der Waals surface area contributed by atoms with Crippen LogP contribution in [0.4, 0.5) is 0 Å². The molecule has 0 radical (unpaired) electrons. The van der Waals surface area contributed by atoms with Crippen LogP contribution in [-0.2, 0) is 4.74 Å². The number of rotatable bonds is 4. The first-order chi connectivity index (χ1) is 8.81. The summed E-state index contributed by atoms with van der Waals surface area (Å²) in [4.78, 5) is 0. The lowest BCUT2D eigenvalue weighted by molar-refractivity contribution is 0.0497. The largest absolute Gasteiger partial charge is 0.493 e. The first-order valence-corrected chi connectivity index (χ1v) is 7.13. The van der Waals surface area contributed by atoms with E-state index in [-0.39, 0.29) is 0 Å². The smallest absolute Gasteiger partial charge is 0.119 e. The molecule has 2 fully saturated rings. The Hall–Kier alpha value is -1.02. The zero-order chi connectivity index (χ0) is 12.4. The van der Waals surface area contributed by atoms with Gasteiger partial charge in [-0.15, -0.1) is 0 Å². The molecule has 1 aliphatic carbocycles. The summed E-state index contributed by atoms with van der Waals surface area (Å²) >= 11 is 0. The van der Waals surface area contributed by atoms with Crippen molar-refractivity contribution in [3.05, 3.63) is 29.3 Å². The molecule has 0 spiro atoms. The Balaban J connectivity index is 1.60. The lowest BCUT2D eigenvalue weighted by Crippen LogP contribution is -2.21. The molecule has 1 aromatic carbocycles. The van der Waals surface area contributed by atoms with Crippen molar-refractivity contribution in [2.24, 2.45) is 5.92 Å². The number of hydrogen-bond acceptors (Lipinski definition) is 2. The van der Waals surface area contributed by atoms with Gasteiger partial charge < -0.3 is 9.47 Å². The van der Waals surface area contributed by atoms with Crippen LogP contribution in [0.5, 0.6) is 5.75 Å². The van der Waals surface area contributed by atoms with E-state index in [1.807, 2.05) is 0 Å². The highest BCUT2D eigenvalue weighted by Gasteiger charge is 2.24. The van der Waals surface area contributed by atoms with Gasteiger partial charge in [-0.05, 0) is 67.7 Å². The van der Waals surface area contributed by atoms with E-state index in [4.69, 9.17) is 9.47 Å². The molecule has 1 aliphatic heterocycles. The zero-order valence-corrected chi connectivity index (χ0v) is 11.2. The Morgan fingerprint density at radius 3 is 2.61 bits per heavy atom. The summed E-state index contributed by atoms with van der Waals surface area (Å²) in [6.45, 7) is 4.80. The molecule has 3 rings (SSSR count). The van der Waals surface area contributed by atoms with Crippen molar-refractivity contribution in [3.8, 4) is 5.75 Å². The van der Waals surface area contributed by atoms with Gasteiger partial charge in [-0.25, -0.2) is 0 Å². The molecule has 2 nitrogen and oxygen atoms in total. The van der Waals surface area contributed by atoms with E-state index >= 15 is 0 Å². The average Bonchev–Trinajstić information content (AvgIpc) is 3.21. The lowest BCUT2D eigenvalue weighted by atomic mass is 10.0. The van der Waals surface area contributed by atoms with Crippen molar-refractivity contribution < 1.29 is 9.47 Å². The van der Waals surface area contributed by atoms with Crippen LogP contribution in [0.3, 0.4) is 0 Å². The van der Waals surface area contributed by atoms with E-state index in [0.29, 0.717) is 5.92 Å².